The molecule has 4 heteroatoms. The molecule has 0 saturated heterocycles. The minimum atomic E-state index is -0.214. The first-order valence-electron chi connectivity index (χ1n) is 7.89. The normalized spacial score (nSPS) is 15.7. The fourth-order valence-corrected chi connectivity index (χ4v) is 3.39. The number of carbonyl (C=O) groups is 1. The van der Waals surface area contributed by atoms with E-state index in [9.17, 15) is 4.79 Å². The molecule has 1 saturated carbocycles. The van der Waals surface area contributed by atoms with Crippen molar-refractivity contribution in [3.63, 3.8) is 0 Å². The van der Waals surface area contributed by atoms with E-state index >= 15 is 0 Å². The van der Waals surface area contributed by atoms with Crippen LogP contribution in [0.4, 0.5) is 0 Å². The molecular weight excluding hydrogens is 292 g/mol. The molecule has 1 fully saturated rings. The Balaban J connectivity index is 1.83. The first-order valence-corrected chi connectivity index (χ1v) is 8.77. The van der Waals surface area contributed by atoms with Gasteiger partial charge in [-0.05, 0) is 36.4 Å². The van der Waals surface area contributed by atoms with Crippen molar-refractivity contribution in [1.29, 1.82) is 0 Å². The molecule has 22 heavy (non-hydrogen) atoms. The van der Waals surface area contributed by atoms with E-state index in [-0.39, 0.29) is 11.9 Å². The van der Waals surface area contributed by atoms with Crippen LogP contribution in [0.3, 0.4) is 0 Å². The van der Waals surface area contributed by atoms with Crippen molar-refractivity contribution in [2.45, 2.75) is 38.4 Å². The minimum absolute atomic E-state index is 0.132. The van der Waals surface area contributed by atoms with Crippen LogP contribution in [0, 0.1) is 0 Å². The summed E-state index contributed by atoms with van der Waals surface area (Å²) in [5, 5.41) is 5.26. The fourth-order valence-electron chi connectivity index (χ4n) is 2.66. The second-order valence-electron chi connectivity index (χ2n) is 5.74. The fraction of sp³-hybridized carbons (Fsp3) is 0.389. The van der Waals surface area contributed by atoms with Gasteiger partial charge < -0.3 is 5.32 Å². The predicted molar refractivity (Wildman–Crippen MR) is 90.8 cm³/mol. The molecule has 3 nitrogen and oxygen atoms in total. The molecule has 1 aromatic heterocycles. The maximum absolute atomic E-state index is 12.8. The van der Waals surface area contributed by atoms with E-state index in [2.05, 4.69) is 34.7 Å². The molecule has 0 aliphatic heterocycles. The van der Waals surface area contributed by atoms with Crippen molar-refractivity contribution in [1.82, 2.24) is 10.2 Å². The van der Waals surface area contributed by atoms with Gasteiger partial charge in [0.15, 0.2) is 0 Å². The number of rotatable bonds is 7. The highest BCUT2D eigenvalue weighted by Gasteiger charge is 2.31. The molecule has 0 bridgehead atoms. The maximum Gasteiger partial charge on any atom is 0.242 e. The molecule has 1 heterocycles. The van der Waals surface area contributed by atoms with Gasteiger partial charge in [0.25, 0.3) is 0 Å². The molecule has 0 radical (unpaired) electrons. The van der Waals surface area contributed by atoms with E-state index in [1.54, 1.807) is 11.3 Å². The zero-order valence-corrected chi connectivity index (χ0v) is 13.7. The van der Waals surface area contributed by atoms with Gasteiger partial charge >= 0.3 is 0 Å². The van der Waals surface area contributed by atoms with Gasteiger partial charge in [0.2, 0.25) is 5.91 Å². The quantitative estimate of drug-likeness (QED) is 0.847. The molecular formula is C18H22N2OS. The number of carbonyl (C=O) groups excluding carboxylic acids is 1. The van der Waals surface area contributed by atoms with Crippen LogP contribution in [0.2, 0.25) is 0 Å². The third-order valence-electron chi connectivity index (χ3n) is 4.00. The largest absolute Gasteiger partial charge is 0.352 e. The molecule has 1 amide bonds. The van der Waals surface area contributed by atoms with Crippen LogP contribution >= 0.6 is 11.3 Å². The molecule has 1 N–H and O–H groups in total. The van der Waals surface area contributed by atoms with Crippen molar-refractivity contribution < 1.29 is 4.79 Å². The van der Waals surface area contributed by atoms with Gasteiger partial charge in [0.05, 0.1) is 0 Å². The lowest BCUT2D eigenvalue weighted by molar-refractivity contribution is -0.127. The number of likely N-dealkylation sites (N-methyl/N-ethyl adjacent to an activating group) is 1. The Morgan fingerprint density at radius 2 is 2.05 bits per heavy atom. The van der Waals surface area contributed by atoms with Crippen LogP contribution in [0.5, 0.6) is 0 Å². The first-order chi connectivity index (χ1) is 10.8. The van der Waals surface area contributed by atoms with Crippen LogP contribution in [-0.2, 0) is 11.3 Å². The van der Waals surface area contributed by atoms with E-state index in [0.717, 1.165) is 31.5 Å². The van der Waals surface area contributed by atoms with Crippen LogP contribution < -0.4 is 5.32 Å². The van der Waals surface area contributed by atoms with Gasteiger partial charge in [-0.2, -0.15) is 0 Å². The number of thiophene rings is 1. The summed E-state index contributed by atoms with van der Waals surface area (Å²) >= 11 is 1.74. The molecule has 1 aliphatic rings. The lowest BCUT2D eigenvalue weighted by Crippen LogP contribution is -2.41. The molecule has 0 spiro atoms. The van der Waals surface area contributed by atoms with Gasteiger partial charge in [-0.25, -0.2) is 0 Å². The average molecular weight is 314 g/mol. The lowest BCUT2D eigenvalue weighted by Gasteiger charge is -2.30. The smallest absolute Gasteiger partial charge is 0.242 e. The zero-order valence-electron chi connectivity index (χ0n) is 12.9. The highest BCUT2D eigenvalue weighted by molar-refractivity contribution is 7.09. The van der Waals surface area contributed by atoms with Crippen LogP contribution in [-0.4, -0.2) is 23.4 Å². The standard InChI is InChI=1S/C18H22N2OS/c1-2-20(13-16-9-6-12-22-16)17(14-7-4-3-5-8-14)18(21)19-15-10-11-15/h3-9,12,15,17H,2,10-11,13H2,1H3,(H,19,21)/t17-/m0/s1. The van der Waals surface area contributed by atoms with E-state index in [0.29, 0.717) is 6.04 Å². The molecule has 1 aliphatic carbocycles. The van der Waals surface area contributed by atoms with E-state index < -0.39 is 0 Å². The second kappa shape index (κ2) is 7.07. The third-order valence-corrected chi connectivity index (χ3v) is 4.86. The Hall–Kier alpha value is -1.65. The highest BCUT2D eigenvalue weighted by Crippen LogP contribution is 2.27. The molecule has 0 unspecified atom stereocenters. The van der Waals surface area contributed by atoms with Crippen molar-refractivity contribution in [2.75, 3.05) is 6.54 Å². The Kier molecular flexibility index (Phi) is 4.90. The SMILES string of the molecule is CCN(Cc1cccs1)[C@H](C(=O)NC1CC1)c1ccccc1. The molecule has 3 rings (SSSR count). The van der Waals surface area contributed by atoms with E-state index in [4.69, 9.17) is 0 Å². The van der Waals surface area contributed by atoms with Crippen molar-refractivity contribution in [2.24, 2.45) is 0 Å². The summed E-state index contributed by atoms with van der Waals surface area (Å²) in [5.74, 6) is 0.132. The number of benzene rings is 1. The lowest BCUT2D eigenvalue weighted by atomic mass is 10.0. The number of hydrogen-bond donors (Lipinski definition) is 1. The van der Waals surface area contributed by atoms with Crippen LogP contribution in [0.25, 0.3) is 0 Å². The van der Waals surface area contributed by atoms with E-state index in [1.165, 1.54) is 4.88 Å². The monoisotopic (exact) mass is 314 g/mol. The van der Waals surface area contributed by atoms with Crippen LogP contribution in [0.1, 0.15) is 36.2 Å². The Labute approximate surface area is 136 Å². The number of nitrogens with one attached hydrogen (secondary N) is 1. The number of hydrogen-bond acceptors (Lipinski definition) is 3. The van der Waals surface area contributed by atoms with Gasteiger partial charge in [0.1, 0.15) is 6.04 Å². The number of amides is 1. The minimum Gasteiger partial charge on any atom is -0.352 e. The van der Waals surface area contributed by atoms with Crippen molar-refractivity contribution in [3.05, 3.63) is 58.3 Å². The molecule has 1 atom stereocenters. The third kappa shape index (κ3) is 3.76. The molecule has 2 aromatic rings. The van der Waals surface area contributed by atoms with Crippen molar-refractivity contribution in [3.8, 4) is 0 Å². The highest BCUT2D eigenvalue weighted by atomic mass is 32.1. The summed E-state index contributed by atoms with van der Waals surface area (Å²) in [7, 11) is 0. The Bertz CT molecular complexity index is 593. The van der Waals surface area contributed by atoms with Gasteiger partial charge in [-0.3, -0.25) is 9.69 Å². The summed E-state index contributed by atoms with van der Waals surface area (Å²) in [5.41, 5.74) is 1.07. The summed E-state index contributed by atoms with van der Waals surface area (Å²) in [4.78, 5) is 16.3. The number of nitrogens with zero attached hydrogens (tertiary/aromatic N) is 1. The van der Waals surface area contributed by atoms with E-state index in [1.807, 2.05) is 30.3 Å². The van der Waals surface area contributed by atoms with Gasteiger partial charge in [-0.1, -0.05) is 43.3 Å². The molecule has 1 aromatic carbocycles. The maximum atomic E-state index is 12.8. The average Bonchev–Trinajstić information content (AvgIpc) is 3.20. The molecule has 116 valence electrons. The Morgan fingerprint density at radius 1 is 1.27 bits per heavy atom. The summed E-state index contributed by atoms with van der Waals surface area (Å²) < 4.78 is 0. The topological polar surface area (TPSA) is 32.3 Å². The Morgan fingerprint density at radius 3 is 2.64 bits per heavy atom. The van der Waals surface area contributed by atoms with Gasteiger partial charge in [-0.15, -0.1) is 11.3 Å². The van der Waals surface area contributed by atoms with Crippen molar-refractivity contribution >= 4 is 17.2 Å². The summed E-state index contributed by atoms with van der Waals surface area (Å²) in [6.45, 7) is 3.77. The summed E-state index contributed by atoms with van der Waals surface area (Å²) in [6.07, 6.45) is 2.23. The van der Waals surface area contributed by atoms with Gasteiger partial charge in [0, 0.05) is 17.5 Å². The predicted octanol–water partition coefficient (Wildman–Crippen LogP) is 3.59. The second-order valence-corrected chi connectivity index (χ2v) is 6.77. The zero-order chi connectivity index (χ0) is 15.4. The summed E-state index contributed by atoms with van der Waals surface area (Å²) in [6, 6.07) is 14.5. The first kappa shape index (κ1) is 15.3. The van der Waals surface area contributed by atoms with Crippen LogP contribution in [0.15, 0.2) is 47.8 Å².